The summed E-state index contributed by atoms with van der Waals surface area (Å²) >= 11 is 0. The standard InChI is InChI=1S/C25H24N2O2/c1-29-24(28)25(17-18-26,23-15-9-4-10-16-23)27(19-21-11-5-2-6-12-21)20-22-13-7-3-8-14-22/h2-16H,17,19-20H2,1H3. The van der Waals surface area contributed by atoms with Crippen LogP contribution in [0.5, 0.6) is 0 Å². The number of hydrogen-bond acceptors (Lipinski definition) is 4. The van der Waals surface area contributed by atoms with E-state index >= 15 is 0 Å². The fourth-order valence-electron chi connectivity index (χ4n) is 3.65. The molecule has 0 aliphatic heterocycles. The van der Waals surface area contributed by atoms with Gasteiger partial charge in [-0.1, -0.05) is 91.0 Å². The summed E-state index contributed by atoms with van der Waals surface area (Å²) < 4.78 is 5.25. The van der Waals surface area contributed by atoms with Gasteiger partial charge >= 0.3 is 5.97 Å². The van der Waals surface area contributed by atoms with E-state index in [2.05, 4.69) is 6.07 Å². The molecule has 0 aliphatic rings. The maximum absolute atomic E-state index is 13.2. The number of rotatable bonds is 8. The average molecular weight is 384 g/mol. The summed E-state index contributed by atoms with van der Waals surface area (Å²) in [5.41, 5.74) is 1.66. The zero-order valence-corrected chi connectivity index (χ0v) is 16.5. The quantitative estimate of drug-likeness (QED) is 0.530. The molecule has 0 saturated carbocycles. The smallest absolute Gasteiger partial charge is 0.332 e. The molecule has 29 heavy (non-hydrogen) atoms. The van der Waals surface area contributed by atoms with Crippen molar-refractivity contribution in [1.82, 2.24) is 4.90 Å². The van der Waals surface area contributed by atoms with Crippen LogP contribution < -0.4 is 0 Å². The fraction of sp³-hybridized carbons (Fsp3) is 0.200. The first-order valence-electron chi connectivity index (χ1n) is 9.54. The molecule has 0 fully saturated rings. The van der Waals surface area contributed by atoms with Crippen molar-refractivity contribution >= 4 is 5.97 Å². The number of methoxy groups -OCH3 is 1. The lowest BCUT2D eigenvalue weighted by atomic mass is 9.84. The predicted molar refractivity (Wildman–Crippen MR) is 112 cm³/mol. The Morgan fingerprint density at radius 2 is 1.31 bits per heavy atom. The molecule has 1 atom stereocenters. The highest BCUT2D eigenvalue weighted by Crippen LogP contribution is 2.36. The minimum atomic E-state index is -1.21. The first-order valence-corrected chi connectivity index (χ1v) is 9.54. The van der Waals surface area contributed by atoms with Crippen LogP contribution in [-0.2, 0) is 28.2 Å². The Bertz CT molecular complexity index is 911. The summed E-state index contributed by atoms with van der Waals surface area (Å²) in [6, 6.07) is 31.6. The number of ether oxygens (including phenoxy) is 1. The van der Waals surface area contributed by atoms with E-state index in [9.17, 15) is 10.1 Å². The maximum atomic E-state index is 13.2. The Hall–Kier alpha value is -3.42. The largest absolute Gasteiger partial charge is 0.467 e. The normalized spacial score (nSPS) is 12.7. The number of nitriles is 1. The number of nitrogens with zero attached hydrogens (tertiary/aromatic N) is 2. The molecule has 3 aromatic carbocycles. The van der Waals surface area contributed by atoms with Crippen molar-refractivity contribution < 1.29 is 9.53 Å². The second kappa shape index (κ2) is 9.68. The molecule has 0 radical (unpaired) electrons. The van der Waals surface area contributed by atoms with Crippen LogP contribution in [0.15, 0.2) is 91.0 Å². The van der Waals surface area contributed by atoms with Crippen LogP contribution in [-0.4, -0.2) is 18.0 Å². The Balaban J connectivity index is 2.15. The van der Waals surface area contributed by atoms with Gasteiger partial charge in [-0.25, -0.2) is 4.79 Å². The summed E-state index contributed by atoms with van der Waals surface area (Å²) in [5, 5.41) is 9.70. The van der Waals surface area contributed by atoms with Crippen LogP contribution in [0.25, 0.3) is 0 Å². The SMILES string of the molecule is COC(=O)C(CC#N)(c1ccccc1)N(Cc1ccccc1)Cc1ccccc1. The van der Waals surface area contributed by atoms with Gasteiger partial charge < -0.3 is 4.74 Å². The lowest BCUT2D eigenvalue weighted by Gasteiger charge is -2.41. The molecule has 0 aliphatic carbocycles. The highest BCUT2D eigenvalue weighted by molar-refractivity contribution is 5.83. The number of benzene rings is 3. The molecule has 3 aromatic rings. The molecule has 0 saturated heterocycles. The molecule has 0 amide bonds. The summed E-state index contributed by atoms with van der Waals surface area (Å²) in [6.07, 6.45) is -0.0106. The molecule has 4 heteroatoms. The highest BCUT2D eigenvalue weighted by atomic mass is 16.5. The minimum Gasteiger partial charge on any atom is -0.467 e. The Kier molecular flexibility index (Phi) is 6.78. The Morgan fingerprint density at radius 3 is 1.72 bits per heavy atom. The molecular weight excluding hydrogens is 360 g/mol. The van der Waals surface area contributed by atoms with Gasteiger partial charge in [-0.05, 0) is 16.7 Å². The monoisotopic (exact) mass is 384 g/mol. The van der Waals surface area contributed by atoms with Crippen molar-refractivity contribution in [1.29, 1.82) is 5.26 Å². The van der Waals surface area contributed by atoms with Crippen molar-refractivity contribution in [2.75, 3.05) is 7.11 Å². The molecule has 0 bridgehead atoms. The van der Waals surface area contributed by atoms with Crippen LogP contribution in [0.2, 0.25) is 0 Å². The molecule has 4 nitrogen and oxygen atoms in total. The molecule has 0 aromatic heterocycles. The summed E-state index contributed by atoms with van der Waals surface area (Å²) in [7, 11) is 1.38. The summed E-state index contributed by atoms with van der Waals surface area (Å²) in [5.74, 6) is -0.433. The van der Waals surface area contributed by atoms with Gasteiger partial charge in [0, 0.05) is 13.1 Å². The van der Waals surface area contributed by atoms with Crippen LogP contribution in [0, 0.1) is 11.3 Å². The van der Waals surface area contributed by atoms with E-state index in [1.54, 1.807) is 0 Å². The third-order valence-electron chi connectivity index (χ3n) is 5.08. The zero-order chi connectivity index (χ0) is 20.5. The Labute approximate surface area is 172 Å². The maximum Gasteiger partial charge on any atom is 0.332 e. The van der Waals surface area contributed by atoms with Crippen LogP contribution in [0.1, 0.15) is 23.1 Å². The van der Waals surface area contributed by atoms with Crippen molar-refractivity contribution in [3.05, 3.63) is 108 Å². The van der Waals surface area contributed by atoms with Gasteiger partial charge in [0.05, 0.1) is 19.6 Å². The predicted octanol–water partition coefficient (Wildman–Crippen LogP) is 4.67. The zero-order valence-electron chi connectivity index (χ0n) is 16.5. The van der Waals surface area contributed by atoms with Crippen molar-refractivity contribution in [2.45, 2.75) is 25.0 Å². The van der Waals surface area contributed by atoms with E-state index in [0.29, 0.717) is 13.1 Å². The van der Waals surface area contributed by atoms with Gasteiger partial charge in [0.25, 0.3) is 0 Å². The van der Waals surface area contributed by atoms with E-state index in [0.717, 1.165) is 16.7 Å². The molecule has 0 heterocycles. The first-order chi connectivity index (χ1) is 14.2. The van der Waals surface area contributed by atoms with Crippen molar-refractivity contribution in [3.63, 3.8) is 0 Å². The van der Waals surface area contributed by atoms with E-state index in [4.69, 9.17) is 4.74 Å². The fourth-order valence-corrected chi connectivity index (χ4v) is 3.65. The third-order valence-corrected chi connectivity index (χ3v) is 5.08. The third kappa shape index (κ3) is 4.53. The number of carbonyl (C=O) groups excluding carboxylic acids is 1. The van der Waals surface area contributed by atoms with Gasteiger partial charge in [-0.3, -0.25) is 4.90 Å². The van der Waals surface area contributed by atoms with Crippen LogP contribution in [0.3, 0.4) is 0 Å². The molecule has 3 rings (SSSR count). The van der Waals surface area contributed by atoms with Crippen LogP contribution in [0.4, 0.5) is 0 Å². The average Bonchev–Trinajstić information content (AvgIpc) is 2.78. The van der Waals surface area contributed by atoms with Gasteiger partial charge in [0.15, 0.2) is 5.54 Å². The molecular formula is C25H24N2O2. The van der Waals surface area contributed by atoms with Gasteiger partial charge in [0.1, 0.15) is 0 Å². The van der Waals surface area contributed by atoms with Crippen molar-refractivity contribution in [2.24, 2.45) is 0 Å². The molecule has 0 spiro atoms. The highest BCUT2D eigenvalue weighted by Gasteiger charge is 2.47. The molecule has 146 valence electrons. The topological polar surface area (TPSA) is 53.3 Å². The second-order valence-corrected chi connectivity index (χ2v) is 6.88. The lowest BCUT2D eigenvalue weighted by Crippen LogP contribution is -2.51. The lowest BCUT2D eigenvalue weighted by molar-refractivity contribution is -0.157. The van der Waals surface area contributed by atoms with Gasteiger partial charge in [-0.15, -0.1) is 0 Å². The van der Waals surface area contributed by atoms with E-state index in [-0.39, 0.29) is 6.42 Å². The van der Waals surface area contributed by atoms with E-state index < -0.39 is 11.5 Å². The summed E-state index contributed by atoms with van der Waals surface area (Å²) in [4.78, 5) is 15.3. The molecule has 0 N–H and O–H groups in total. The van der Waals surface area contributed by atoms with Crippen molar-refractivity contribution in [3.8, 4) is 6.07 Å². The minimum absolute atomic E-state index is 0.0106. The van der Waals surface area contributed by atoms with E-state index in [1.165, 1.54) is 7.11 Å². The number of hydrogen-bond donors (Lipinski definition) is 0. The number of carbonyl (C=O) groups is 1. The number of esters is 1. The first kappa shape index (κ1) is 20.3. The van der Waals surface area contributed by atoms with E-state index in [1.807, 2.05) is 95.9 Å². The summed E-state index contributed by atoms with van der Waals surface area (Å²) in [6.45, 7) is 1.00. The Morgan fingerprint density at radius 1 is 0.862 bits per heavy atom. The van der Waals surface area contributed by atoms with Gasteiger partial charge in [0.2, 0.25) is 0 Å². The molecule has 1 unspecified atom stereocenters. The second-order valence-electron chi connectivity index (χ2n) is 6.88. The van der Waals surface area contributed by atoms with Crippen LogP contribution >= 0.6 is 0 Å². The van der Waals surface area contributed by atoms with Gasteiger partial charge in [-0.2, -0.15) is 5.26 Å².